The monoisotopic (exact) mass is 469 g/mol. The van der Waals surface area contributed by atoms with E-state index in [-0.39, 0.29) is 36.7 Å². The van der Waals surface area contributed by atoms with Gasteiger partial charge in [-0.1, -0.05) is 0 Å². The summed E-state index contributed by atoms with van der Waals surface area (Å²) in [6.07, 6.45) is 0.951. The number of nitrogens with zero attached hydrogens (tertiary/aromatic N) is 1. The summed E-state index contributed by atoms with van der Waals surface area (Å²) in [5, 5.41) is 0. The van der Waals surface area contributed by atoms with Crippen molar-refractivity contribution >= 4 is 5.78 Å². The van der Waals surface area contributed by atoms with E-state index < -0.39 is 0 Å². The molecule has 8 nitrogen and oxygen atoms in total. The van der Waals surface area contributed by atoms with Gasteiger partial charge in [0.05, 0.1) is 27.4 Å². The Morgan fingerprint density at radius 1 is 0.971 bits per heavy atom. The first-order valence-electron chi connectivity index (χ1n) is 11.4. The number of benzene rings is 2. The number of carbonyl (C=O) groups excluding carboxylic acids is 1. The van der Waals surface area contributed by atoms with Crippen LogP contribution in [0, 0.1) is 0 Å². The molecule has 0 fully saturated rings. The third-order valence-corrected chi connectivity index (χ3v) is 7.43. The average Bonchev–Trinajstić information content (AvgIpc) is 3.31. The molecule has 0 saturated heterocycles. The minimum atomic E-state index is -0.195. The molecule has 2 heterocycles. The Kier molecular flexibility index (Phi) is 5.81. The number of carbonyl (C=O) groups is 1. The SMILES string of the molecule is COc1cc2c(cc1OC)C1C(CC2OC)c2c(OC)cc3c(c2[C@H](CC(C)=O)N1C)OCO3. The Hall–Kier alpha value is -2.97. The fourth-order valence-corrected chi connectivity index (χ4v) is 6.01. The first kappa shape index (κ1) is 22.8. The Morgan fingerprint density at radius 3 is 2.26 bits per heavy atom. The van der Waals surface area contributed by atoms with E-state index >= 15 is 0 Å². The van der Waals surface area contributed by atoms with Crippen LogP contribution in [0.2, 0.25) is 0 Å². The van der Waals surface area contributed by atoms with Crippen molar-refractivity contribution in [3.8, 4) is 28.7 Å². The van der Waals surface area contributed by atoms with E-state index in [9.17, 15) is 4.79 Å². The Morgan fingerprint density at radius 2 is 1.65 bits per heavy atom. The first-order valence-corrected chi connectivity index (χ1v) is 11.4. The molecular formula is C26H31NO7. The highest BCUT2D eigenvalue weighted by Crippen LogP contribution is 2.62. The molecule has 0 N–H and O–H groups in total. The lowest BCUT2D eigenvalue weighted by Gasteiger charge is -2.50. The third-order valence-electron chi connectivity index (χ3n) is 7.43. The zero-order valence-corrected chi connectivity index (χ0v) is 20.5. The fraction of sp³-hybridized carbons (Fsp3) is 0.500. The topological polar surface area (TPSA) is 75.7 Å². The summed E-state index contributed by atoms with van der Waals surface area (Å²) in [6, 6.07) is 5.74. The van der Waals surface area contributed by atoms with Gasteiger partial charge in [-0.2, -0.15) is 0 Å². The molecular weight excluding hydrogens is 438 g/mol. The molecule has 182 valence electrons. The van der Waals surface area contributed by atoms with Gasteiger partial charge in [-0.05, 0) is 43.7 Å². The number of Topliss-reactive ketones (excluding diaryl/α,β-unsaturated/α-hetero) is 1. The van der Waals surface area contributed by atoms with Gasteiger partial charge in [0.1, 0.15) is 11.5 Å². The molecule has 0 aromatic heterocycles. The highest BCUT2D eigenvalue weighted by atomic mass is 16.7. The van der Waals surface area contributed by atoms with E-state index in [2.05, 4.69) is 11.9 Å². The normalized spacial score (nSPS) is 24.6. The molecule has 2 aromatic rings. The van der Waals surface area contributed by atoms with Crippen molar-refractivity contribution < 1.29 is 33.2 Å². The number of rotatable bonds is 6. The molecule has 3 aliphatic rings. The number of methoxy groups -OCH3 is 4. The maximum Gasteiger partial charge on any atom is 0.231 e. The highest BCUT2D eigenvalue weighted by Gasteiger charge is 2.49. The van der Waals surface area contributed by atoms with Gasteiger partial charge in [0.2, 0.25) is 6.79 Å². The Labute approximate surface area is 199 Å². The lowest BCUT2D eigenvalue weighted by molar-refractivity contribution is -0.118. The van der Waals surface area contributed by atoms with E-state index in [1.165, 1.54) is 0 Å². The molecule has 0 radical (unpaired) electrons. The van der Waals surface area contributed by atoms with E-state index in [0.717, 1.165) is 34.4 Å². The summed E-state index contributed by atoms with van der Waals surface area (Å²) in [5.74, 6) is 3.59. The van der Waals surface area contributed by atoms with Gasteiger partial charge in [-0.25, -0.2) is 0 Å². The van der Waals surface area contributed by atoms with E-state index in [4.69, 9.17) is 28.4 Å². The van der Waals surface area contributed by atoms with Crippen molar-refractivity contribution in [1.82, 2.24) is 4.90 Å². The largest absolute Gasteiger partial charge is 0.496 e. The predicted molar refractivity (Wildman–Crippen MR) is 124 cm³/mol. The second-order valence-corrected chi connectivity index (χ2v) is 9.07. The predicted octanol–water partition coefficient (Wildman–Crippen LogP) is 4.32. The third kappa shape index (κ3) is 3.31. The van der Waals surface area contributed by atoms with Crippen LogP contribution < -0.4 is 23.7 Å². The smallest absolute Gasteiger partial charge is 0.231 e. The molecule has 0 amide bonds. The number of hydrogen-bond donors (Lipinski definition) is 0. The van der Waals surface area contributed by atoms with Crippen LogP contribution in [0.4, 0.5) is 0 Å². The molecule has 5 rings (SSSR count). The fourth-order valence-electron chi connectivity index (χ4n) is 6.01. The molecule has 0 saturated carbocycles. The van der Waals surface area contributed by atoms with Crippen LogP contribution in [0.15, 0.2) is 18.2 Å². The molecule has 1 aliphatic carbocycles. The van der Waals surface area contributed by atoms with Crippen molar-refractivity contribution in [1.29, 1.82) is 0 Å². The zero-order chi connectivity index (χ0) is 24.1. The van der Waals surface area contributed by atoms with Gasteiger partial charge in [-0.3, -0.25) is 9.69 Å². The summed E-state index contributed by atoms with van der Waals surface area (Å²) >= 11 is 0. The number of hydrogen-bond acceptors (Lipinski definition) is 8. The van der Waals surface area contributed by atoms with Gasteiger partial charge >= 0.3 is 0 Å². The summed E-state index contributed by atoms with van der Waals surface area (Å²) in [7, 11) is 8.75. The van der Waals surface area contributed by atoms with Crippen LogP contribution in [0.25, 0.3) is 0 Å². The molecule has 8 heteroatoms. The lowest BCUT2D eigenvalue weighted by atomic mass is 9.68. The van der Waals surface area contributed by atoms with Crippen LogP contribution in [-0.2, 0) is 9.53 Å². The van der Waals surface area contributed by atoms with Crippen molar-refractivity contribution in [3.63, 3.8) is 0 Å². The van der Waals surface area contributed by atoms with Crippen LogP contribution in [-0.4, -0.2) is 53.0 Å². The van der Waals surface area contributed by atoms with Crippen molar-refractivity contribution in [2.24, 2.45) is 0 Å². The van der Waals surface area contributed by atoms with Gasteiger partial charge < -0.3 is 28.4 Å². The first-order chi connectivity index (χ1) is 16.4. The van der Waals surface area contributed by atoms with E-state index in [0.29, 0.717) is 29.4 Å². The van der Waals surface area contributed by atoms with Crippen molar-refractivity contribution in [2.75, 3.05) is 42.3 Å². The maximum atomic E-state index is 12.4. The highest BCUT2D eigenvalue weighted by molar-refractivity contribution is 5.77. The minimum absolute atomic E-state index is 0.0210. The van der Waals surface area contributed by atoms with Crippen LogP contribution >= 0.6 is 0 Å². The van der Waals surface area contributed by atoms with E-state index in [1.54, 1.807) is 35.4 Å². The number of likely N-dealkylation sites (N-methyl/N-ethyl adjacent to an activating group) is 1. The number of ketones is 1. The quantitative estimate of drug-likeness (QED) is 0.619. The van der Waals surface area contributed by atoms with Gasteiger partial charge in [-0.15, -0.1) is 0 Å². The average molecular weight is 470 g/mol. The van der Waals surface area contributed by atoms with Gasteiger partial charge in [0.15, 0.2) is 23.0 Å². The summed E-state index contributed by atoms with van der Waals surface area (Å²) in [5.41, 5.74) is 4.20. The van der Waals surface area contributed by atoms with Crippen LogP contribution in [0.5, 0.6) is 28.7 Å². The van der Waals surface area contributed by atoms with Crippen molar-refractivity contribution in [3.05, 3.63) is 40.5 Å². The molecule has 0 spiro atoms. The second kappa shape index (κ2) is 8.67. The van der Waals surface area contributed by atoms with Crippen LogP contribution in [0.1, 0.15) is 66.1 Å². The number of ether oxygens (including phenoxy) is 6. The molecule has 34 heavy (non-hydrogen) atoms. The van der Waals surface area contributed by atoms with Crippen molar-refractivity contribution in [2.45, 2.75) is 43.9 Å². The Balaban J connectivity index is 1.78. The molecule has 0 bridgehead atoms. The number of fused-ring (bicyclic) bond motifs is 7. The Bertz CT molecular complexity index is 1130. The lowest BCUT2D eigenvalue weighted by Crippen LogP contribution is -2.42. The summed E-state index contributed by atoms with van der Waals surface area (Å²) < 4.78 is 34.8. The molecule has 4 atom stereocenters. The molecule has 3 unspecified atom stereocenters. The molecule has 2 aliphatic heterocycles. The summed E-state index contributed by atoms with van der Waals surface area (Å²) in [4.78, 5) is 14.7. The standard InChI is InChI=1S/C26H31NO7/c1-13(28)7-17-24-23(21(32-6)11-22-26(24)34-12-33-22)16-10-18(29-3)14-8-19(30-4)20(31-5)9-15(14)25(16)27(17)2/h8-9,11,16-18,25H,7,10,12H2,1-6H3/t16?,17-,18?,25?/m0/s1. The van der Waals surface area contributed by atoms with Crippen LogP contribution in [0.3, 0.4) is 0 Å². The molecule has 2 aromatic carbocycles. The zero-order valence-electron chi connectivity index (χ0n) is 20.5. The summed E-state index contributed by atoms with van der Waals surface area (Å²) in [6.45, 7) is 1.78. The van der Waals surface area contributed by atoms with E-state index in [1.807, 2.05) is 18.2 Å². The minimum Gasteiger partial charge on any atom is -0.496 e. The van der Waals surface area contributed by atoms with Gasteiger partial charge in [0, 0.05) is 48.7 Å². The van der Waals surface area contributed by atoms with Gasteiger partial charge in [0.25, 0.3) is 0 Å². The second-order valence-electron chi connectivity index (χ2n) is 9.07. The maximum absolute atomic E-state index is 12.4.